The molecule has 9 heteroatoms. The molecule has 1 saturated heterocycles. The first-order valence-corrected chi connectivity index (χ1v) is 9.43. The quantitative estimate of drug-likeness (QED) is 0.616. The Kier molecular flexibility index (Phi) is 5.44. The summed E-state index contributed by atoms with van der Waals surface area (Å²) >= 11 is 5.98. The number of hydrogen-bond donors (Lipinski definition) is 2. The third-order valence-electron chi connectivity index (χ3n) is 4.45. The van der Waals surface area contributed by atoms with Crippen molar-refractivity contribution in [3.63, 3.8) is 0 Å². The van der Waals surface area contributed by atoms with Crippen LogP contribution >= 0.6 is 11.6 Å². The van der Waals surface area contributed by atoms with Gasteiger partial charge in [-0.2, -0.15) is 4.98 Å². The molecular formula is C20H19ClN6O2. The predicted molar refractivity (Wildman–Crippen MR) is 110 cm³/mol. The van der Waals surface area contributed by atoms with Gasteiger partial charge < -0.3 is 20.7 Å². The summed E-state index contributed by atoms with van der Waals surface area (Å²) in [6.07, 6.45) is 1.52. The molecule has 3 aromatic rings. The predicted octanol–water partition coefficient (Wildman–Crippen LogP) is 2.50. The Morgan fingerprint density at radius 3 is 2.83 bits per heavy atom. The highest BCUT2D eigenvalue weighted by molar-refractivity contribution is 6.30. The summed E-state index contributed by atoms with van der Waals surface area (Å²) in [7, 11) is 0. The van der Waals surface area contributed by atoms with E-state index in [1.54, 1.807) is 24.3 Å². The van der Waals surface area contributed by atoms with Crippen molar-refractivity contribution in [2.75, 3.05) is 23.3 Å². The number of nitrogens with zero attached hydrogens (tertiary/aromatic N) is 4. The maximum atomic E-state index is 11.3. The molecule has 0 unspecified atom stereocenters. The number of aromatic nitrogens is 3. The van der Waals surface area contributed by atoms with Gasteiger partial charge in [-0.3, -0.25) is 4.79 Å². The number of ether oxygens (including phenoxy) is 1. The van der Waals surface area contributed by atoms with Gasteiger partial charge in [-0.1, -0.05) is 29.8 Å². The molecule has 4 rings (SSSR count). The SMILES string of the molecule is NC(=O)c1cccc(CNc2ncnc(N3CC(Oc4cccc(Cl)c4)C3)n2)c1. The number of benzene rings is 2. The highest BCUT2D eigenvalue weighted by Crippen LogP contribution is 2.23. The second-order valence-electron chi connectivity index (χ2n) is 6.63. The fourth-order valence-corrected chi connectivity index (χ4v) is 3.13. The minimum Gasteiger partial charge on any atom is -0.487 e. The highest BCUT2D eigenvalue weighted by Gasteiger charge is 2.30. The van der Waals surface area contributed by atoms with Crippen LogP contribution in [0.15, 0.2) is 54.9 Å². The van der Waals surface area contributed by atoms with Crippen molar-refractivity contribution in [1.29, 1.82) is 0 Å². The van der Waals surface area contributed by atoms with Crippen molar-refractivity contribution in [3.05, 3.63) is 71.0 Å². The molecule has 1 amide bonds. The van der Waals surface area contributed by atoms with Crippen LogP contribution in [0, 0.1) is 0 Å². The molecule has 0 radical (unpaired) electrons. The van der Waals surface area contributed by atoms with Gasteiger partial charge in [0.15, 0.2) is 0 Å². The maximum absolute atomic E-state index is 11.3. The van der Waals surface area contributed by atoms with Crippen LogP contribution in [0.25, 0.3) is 0 Å². The molecule has 1 aromatic heterocycles. The number of nitrogens with two attached hydrogens (primary N) is 1. The molecule has 1 aliphatic heterocycles. The Hall–Kier alpha value is -3.39. The molecule has 1 fully saturated rings. The van der Waals surface area contributed by atoms with Gasteiger partial charge in [-0.25, -0.2) is 9.97 Å². The molecule has 8 nitrogen and oxygen atoms in total. The molecule has 3 N–H and O–H groups in total. The average Bonchev–Trinajstić information content (AvgIpc) is 2.69. The van der Waals surface area contributed by atoms with Gasteiger partial charge in [0.2, 0.25) is 17.8 Å². The first-order chi connectivity index (χ1) is 14.1. The van der Waals surface area contributed by atoms with Crippen LogP contribution in [0.2, 0.25) is 5.02 Å². The second-order valence-corrected chi connectivity index (χ2v) is 7.07. The lowest BCUT2D eigenvalue weighted by molar-refractivity contribution is 0.1000. The van der Waals surface area contributed by atoms with Crippen LogP contribution < -0.4 is 20.7 Å². The fourth-order valence-electron chi connectivity index (χ4n) is 2.95. The zero-order chi connectivity index (χ0) is 20.2. The normalized spacial score (nSPS) is 13.6. The van der Waals surface area contributed by atoms with Crippen molar-refractivity contribution in [3.8, 4) is 5.75 Å². The van der Waals surface area contributed by atoms with E-state index in [0.717, 1.165) is 11.3 Å². The van der Waals surface area contributed by atoms with Crippen molar-refractivity contribution >= 4 is 29.4 Å². The largest absolute Gasteiger partial charge is 0.487 e. The Morgan fingerprint density at radius 1 is 1.21 bits per heavy atom. The van der Waals surface area contributed by atoms with E-state index in [0.29, 0.717) is 42.1 Å². The first-order valence-electron chi connectivity index (χ1n) is 9.05. The van der Waals surface area contributed by atoms with Crippen LogP contribution in [0.3, 0.4) is 0 Å². The van der Waals surface area contributed by atoms with Crippen LogP contribution in [0.4, 0.5) is 11.9 Å². The summed E-state index contributed by atoms with van der Waals surface area (Å²) < 4.78 is 5.90. The standard InChI is InChI=1S/C20H19ClN6O2/c21-15-5-2-6-16(8-15)29-17-10-27(11-17)20-25-12-24-19(26-20)23-9-13-3-1-4-14(7-13)18(22)28/h1-8,12,17H,9-11H2,(H2,22,28)(H,23,24,25,26). The van der Waals surface area contributed by atoms with E-state index in [4.69, 9.17) is 22.1 Å². The van der Waals surface area contributed by atoms with Gasteiger partial charge in [-0.15, -0.1) is 0 Å². The zero-order valence-electron chi connectivity index (χ0n) is 15.5. The van der Waals surface area contributed by atoms with E-state index in [9.17, 15) is 4.79 Å². The average molecular weight is 411 g/mol. The number of amides is 1. The molecule has 0 saturated carbocycles. The van der Waals surface area contributed by atoms with E-state index >= 15 is 0 Å². The highest BCUT2D eigenvalue weighted by atomic mass is 35.5. The van der Waals surface area contributed by atoms with Gasteiger partial charge in [0.1, 0.15) is 18.2 Å². The summed E-state index contributed by atoms with van der Waals surface area (Å²) in [5.41, 5.74) is 6.69. The van der Waals surface area contributed by atoms with Gasteiger partial charge >= 0.3 is 0 Å². The van der Waals surface area contributed by atoms with Gasteiger partial charge in [0.05, 0.1) is 13.1 Å². The van der Waals surface area contributed by atoms with Gasteiger partial charge in [-0.05, 0) is 35.9 Å². The van der Waals surface area contributed by atoms with E-state index in [-0.39, 0.29) is 6.10 Å². The van der Waals surface area contributed by atoms with E-state index < -0.39 is 5.91 Å². The summed E-state index contributed by atoms with van der Waals surface area (Å²) in [5, 5.41) is 3.79. The third-order valence-corrected chi connectivity index (χ3v) is 4.69. The number of hydrogen-bond acceptors (Lipinski definition) is 7. The topological polar surface area (TPSA) is 106 Å². The zero-order valence-corrected chi connectivity index (χ0v) is 16.2. The second kappa shape index (κ2) is 8.32. The smallest absolute Gasteiger partial charge is 0.248 e. The monoisotopic (exact) mass is 410 g/mol. The van der Waals surface area contributed by atoms with Gasteiger partial charge in [0, 0.05) is 17.1 Å². The van der Waals surface area contributed by atoms with Crippen LogP contribution in [0.1, 0.15) is 15.9 Å². The van der Waals surface area contributed by atoms with E-state index in [1.165, 1.54) is 6.33 Å². The van der Waals surface area contributed by atoms with Gasteiger partial charge in [0.25, 0.3) is 0 Å². The summed E-state index contributed by atoms with van der Waals surface area (Å²) in [6, 6.07) is 14.4. The van der Waals surface area contributed by atoms with Crippen molar-refractivity contribution in [1.82, 2.24) is 15.0 Å². The van der Waals surface area contributed by atoms with Crippen LogP contribution in [-0.4, -0.2) is 40.1 Å². The minimum absolute atomic E-state index is 0.0539. The van der Waals surface area contributed by atoms with E-state index in [2.05, 4.69) is 20.3 Å². The first kappa shape index (κ1) is 18.9. The molecule has 29 heavy (non-hydrogen) atoms. The number of nitrogens with one attached hydrogen (secondary N) is 1. The van der Waals surface area contributed by atoms with E-state index in [1.807, 2.05) is 29.2 Å². The number of anilines is 2. The lowest BCUT2D eigenvalue weighted by Gasteiger charge is -2.38. The number of rotatable bonds is 7. The number of carbonyl (C=O) groups is 1. The molecule has 2 aromatic carbocycles. The summed E-state index contributed by atoms with van der Waals surface area (Å²) in [4.78, 5) is 26.1. The lowest BCUT2D eigenvalue weighted by Crippen LogP contribution is -2.54. The Morgan fingerprint density at radius 2 is 2.03 bits per heavy atom. The molecule has 0 bridgehead atoms. The summed E-state index contributed by atoms with van der Waals surface area (Å²) in [6.45, 7) is 1.82. The molecule has 0 aliphatic carbocycles. The van der Waals surface area contributed by atoms with Crippen LogP contribution in [-0.2, 0) is 6.54 Å². The van der Waals surface area contributed by atoms with Crippen molar-refractivity contribution in [2.45, 2.75) is 12.6 Å². The van der Waals surface area contributed by atoms with Crippen molar-refractivity contribution < 1.29 is 9.53 Å². The molecule has 148 valence electrons. The third kappa shape index (κ3) is 4.72. The van der Waals surface area contributed by atoms with Crippen molar-refractivity contribution in [2.24, 2.45) is 5.73 Å². The minimum atomic E-state index is -0.457. The Labute approximate surface area is 172 Å². The molecule has 2 heterocycles. The fraction of sp³-hybridized carbons (Fsp3) is 0.200. The summed E-state index contributed by atoms with van der Waals surface area (Å²) in [5.74, 6) is 1.33. The molecular weight excluding hydrogens is 392 g/mol. The van der Waals surface area contributed by atoms with Crippen LogP contribution in [0.5, 0.6) is 5.75 Å². The maximum Gasteiger partial charge on any atom is 0.248 e. The Bertz CT molecular complexity index is 1030. The number of halogens is 1. The Balaban J connectivity index is 1.32. The molecule has 0 spiro atoms. The molecule has 0 atom stereocenters. The molecule has 1 aliphatic rings. The number of primary amides is 1. The number of carbonyl (C=O) groups excluding carboxylic acids is 1. The lowest BCUT2D eigenvalue weighted by atomic mass is 10.1.